The average Bonchev–Trinajstić information content (AvgIpc) is 1.38. The maximum Gasteiger partial charge on any atom is 0.213 e. The number of aryl methyl sites for hydroxylation is 2. The third-order valence-corrected chi connectivity index (χ3v) is 19.4. The molecule has 0 spiro atoms. The number of benzene rings is 6. The molecule has 12 heterocycles. The minimum absolute atomic E-state index is 0.0402. The molecular weight excluding hydrogens is 1630 g/mol. The fraction of sp³-hybridized carbons (Fsp3) is 0.0455. The molecule has 0 aliphatic heterocycles. The summed E-state index contributed by atoms with van der Waals surface area (Å²) in [6.07, 6.45) is 16.8. The molecule has 0 bridgehead atoms. The van der Waals surface area contributed by atoms with Crippen molar-refractivity contribution >= 4 is 137 Å². The van der Waals surface area contributed by atoms with Gasteiger partial charge < -0.3 is 31.3 Å². The Morgan fingerprint density at radius 2 is 0.672 bits per heavy atom. The Morgan fingerprint density at radius 3 is 1.10 bits per heavy atom. The van der Waals surface area contributed by atoms with Crippen molar-refractivity contribution in [3.63, 3.8) is 0 Å². The van der Waals surface area contributed by atoms with Gasteiger partial charge >= 0.3 is 0 Å². The molecule has 0 aliphatic carbocycles. The van der Waals surface area contributed by atoms with Gasteiger partial charge in [-0.25, -0.2) is 47.5 Å². The van der Waals surface area contributed by atoms with Crippen molar-refractivity contribution in [2.75, 3.05) is 19.0 Å². The Bertz CT molecular complexity index is 6750. The van der Waals surface area contributed by atoms with Gasteiger partial charge in [-0.2, -0.15) is 0 Å². The first-order valence-corrected chi connectivity index (χ1v) is 37.4. The van der Waals surface area contributed by atoms with Crippen LogP contribution in [0.5, 0.6) is 0 Å². The Morgan fingerprint density at radius 1 is 0.310 bits per heavy atom. The van der Waals surface area contributed by atoms with E-state index in [1.807, 2.05) is 149 Å². The Balaban J connectivity index is 0.000000121. The summed E-state index contributed by atoms with van der Waals surface area (Å²) in [5.41, 5.74) is 11.7. The van der Waals surface area contributed by atoms with Crippen LogP contribution in [0.1, 0.15) is 108 Å². The van der Waals surface area contributed by atoms with Crippen LogP contribution in [0, 0.1) is 37.1 Å². The largest absolute Gasteiger partial charge is 0.376 e. The predicted molar refractivity (Wildman–Crippen MR) is 442 cm³/mol. The molecule has 0 unspecified atom stereocenters. The van der Waals surface area contributed by atoms with Gasteiger partial charge in [-0.1, -0.05) is 156 Å². The van der Waals surface area contributed by atoms with E-state index >= 15 is 0 Å². The Kier molecular flexibility index (Phi) is 24.9. The molecule has 0 amide bonds. The molecule has 12 aromatic heterocycles. The van der Waals surface area contributed by atoms with Crippen molar-refractivity contribution < 1.29 is 46.3 Å². The van der Waals surface area contributed by atoms with Crippen LogP contribution in [0.25, 0.3) is 33.9 Å². The quantitative estimate of drug-likeness (QED) is 0.0778. The number of aromatic nitrogens is 12. The first kappa shape index (κ1) is 80.7. The summed E-state index contributed by atoms with van der Waals surface area (Å²) in [7, 11) is 3.96. The van der Waals surface area contributed by atoms with Crippen LogP contribution in [0.15, 0.2) is 297 Å². The molecule has 0 radical (unpaired) electrons. The summed E-state index contributed by atoms with van der Waals surface area (Å²) in [6, 6.07) is 63.7. The number of hydrogen-bond donors (Lipinski definition) is 0. The number of anilines is 1. The number of halogens is 9. The lowest BCUT2D eigenvalue weighted by molar-refractivity contribution is 0.102. The zero-order valence-corrected chi connectivity index (χ0v) is 66.0. The van der Waals surface area contributed by atoms with Crippen molar-refractivity contribution in [3.05, 3.63) is 419 Å². The number of ketones is 6. The van der Waals surface area contributed by atoms with Crippen LogP contribution in [-0.2, 0) is 0 Å². The fourth-order valence-corrected chi connectivity index (χ4v) is 12.7. The van der Waals surface area contributed by atoms with E-state index in [0.29, 0.717) is 88.1 Å². The van der Waals surface area contributed by atoms with Crippen LogP contribution in [0.4, 0.5) is 23.2 Å². The second kappa shape index (κ2) is 35.8. The minimum Gasteiger partial charge on any atom is -0.376 e. The highest BCUT2D eigenvalue weighted by Gasteiger charge is 2.21. The van der Waals surface area contributed by atoms with Gasteiger partial charge in [-0.3, -0.25) is 28.8 Å². The lowest BCUT2D eigenvalue weighted by Crippen LogP contribution is -2.09. The molecule has 18 rings (SSSR count). The highest BCUT2D eigenvalue weighted by molar-refractivity contribution is 9.10. The topological polar surface area (TPSA) is 209 Å². The Labute approximate surface area is 686 Å². The number of pyridine rings is 6. The van der Waals surface area contributed by atoms with Crippen molar-refractivity contribution in [2.45, 2.75) is 13.8 Å². The summed E-state index contributed by atoms with van der Waals surface area (Å²) in [6.45, 7) is 3.97. The van der Waals surface area contributed by atoms with Gasteiger partial charge in [0.25, 0.3) is 0 Å². The molecule has 116 heavy (non-hydrogen) atoms. The molecule has 28 heteroatoms. The lowest BCUT2D eigenvalue weighted by atomic mass is 10.1. The predicted octanol–water partition coefficient (Wildman–Crippen LogP) is 20.0. The van der Waals surface area contributed by atoms with E-state index in [4.69, 9.17) is 46.4 Å². The van der Waals surface area contributed by atoms with Crippen molar-refractivity contribution in [2.24, 2.45) is 0 Å². The number of rotatable bonds is 13. The molecule has 0 N–H and O–H groups in total. The van der Waals surface area contributed by atoms with Gasteiger partial charge in [0.05, 0.1) is 20.8 Å². The van der Waals surface area contributed by atoms with Gasteiger partial charge in [0.1, 0.15) is 79.7 Å². The Hall–Kier alpha value is -13.4. The fourth-order valence-electron chi connectivity index (χ4n) is 11.7. The van der Waals surface area contributed by atoms with Gasteiger partial charge in [-0.15, -0.1) is 0 Å². The highest BCUT2D eigenvalue weighted by Crippen LogP contribution is 2.25. The molecule has 0 aliphatic rings. The minimum atomic E-state index is -1.07. The van der Waals surface area contributed by atoms with Crippen LogP contribution in [0.2, 0.25) is 20.1 Å². The van der Waals surface area contributed by atoms with Gasteiger partial charge in [0.15, 0.2) is 11.6 Å². The second-order valence-corrected chi connectivity index (χ2v) is 28.5. The number of hydrogen-bond acceptors (Lipinski definition) is 13. The van der Waals surface area contributed by atoms with E-state index < -0.39 is 34.8 Å². The molecule has 19 nitrogen and oxygen atoms in total. The monoisotopic (exact) mass is 1690 g/mol. The lowest BCUT2D eigenvalue weighted by Gasteiger charge is -2.11. The smallest absolute Gasteiger partial charge is 0.213 e. The number of imidazole rings is 6. The molecule has 576 valence electrons. The van der Waals surface area contributed by atoms with Crippen molar-refractivity contribution in [3.8, 4) is 0 Å². The van der Waals surface area contributed by atoms with E-state index in [1.54, 1.807) is 154 Å². The number of carbonyl (C=O) groups is 6. The van der Waals surface area contributed by atoms with E-state index in [2.05, 4.69) is 45.8 Å². The van der Waals surface area contributed by atoms with Crippen LogP contribution in [-0.4, -0.2) is 105 Å². The SMILES string of the molecule is CN(C)c1ccc2nc(C(=O)c3ccccc3)cn2c1.Cc1c(Br)ccc2nc(C(=O)c3ccccc3)cn12.Cc1cccc2nc(C(=O)c3ccccc3)cn12.O=C(c1cc(F)cc(F)c1)c1cn2cc(Cl)ccc2n1.O=C(c1ccc(F)c(F)c1)c1cn2cc(Cl)ccc2n1.O=C(c1cccc(Cl)c1)c1cn2cc(Cl)ccc2n1. The van der Waals surface area contributed by atoms with E-state index in [-0.39, 0.29) is 45.6 Å². The standard InChI is InChI=1S/C16H15N3O.C15H11BrN2O.C15H12N2O.C14H8Cl2N2O.2C14H7ClF2N2O/c1-18(2)13-8-9-15-17-14(11-19(15)10-13)16(20)12-6-4-3-5-7-12;1-10-12(16)7-8-14-17-13(9-18(10)14)15(19)11-5-3-2-4-6-11;1-11-6-5-9-14-16-13(10-17(11)14)15(18)12-7-3-2-4-8-12;15-10-3-1-2-9(6-10)14(19)12-8-18-7-11(16)4-5-13(18)17-12;15-9-2-4-13-18-12(7-19(13)6-9)14(20)8-1-3-10(16)11(17)5-8;15-9-1-2-13-18-12(7-19(13)6-9)14(20)8-3-10(16)5-11(17)4-8/h3-11H,1-2H3;2-9H,1H3;2-10H,1H3;1-8H;2*1-7H. The van der Waals surface area contributed by atoms with Crippen molar-refractivity contribution in [1.82, 2.24) is 56.3 Å². The number of carbonyl (C=O) groups excluding carboxylic acids is 6. The normalized spacial score (nSPS) is 10.8. The summed E-state index contributed by atoms with van der Waals surface area (Å²) in [5.74, 6) is -5.03. The first-order chi connectivity index (χ1) is 55.8. The van der Waals surface area contributed by atoms with Crippen LogP contribution in [0.3, 0.4) is 0 Å². The zero-order chi connectivity index (χ0) is 82.0. The number of nitrogens with zero attached hydrogens (tertiary/aromatic N) is 13. The van der Waals surface area contributed by atoms with Crippen molar-refractivity contribution in [1.29, 1.82) is 0 Å². The van der Waals surface area contributed by atoms with Crippen LogP contribution < -0.4 is 4.90 Å². The third kappa shape index (κ3) is 19.1. The number of fused-ring (bicyclic) bond motifs is 6. The van der Waals surface area contributed by atoms with Gasteiger partial charge in [0.2, 0.25) is 34.7 Å². The maximum atomic E-state index is 13.1. The summed E-state index contributed by atoms with van der Waals surface area (Å²) < 4.78 is 63.9. The van der Waals surface area contributed by atoms with Crippen LogP contribution >= 0.6 is 62.3 Å². The van der Waals surface area contributed by atoms with Gasteiger partial charge in [-0.05, 0) is 145 Å². The summed E-state index contributed by atoms with van der Waals surface area (Å²) in [4.78, 5) is 101. The van der Waals surface area contributed by atoms with E-state index in [1.165, 1.54) is 18.5 Å². The highest BCUT2D eigenvalue weighted by atomic mass is 79.9. The van der Waals surface area contributed by atoms with E-state index in [9.17, 15) is 46.3 Å². The summed E-state index contributed by atoms with van der Waals surface area (Å²) in [5, 5.41) is 2.11. The third-order valence-electron chi connectivity index (χ3n) is 17.6. The zero-order valence-electron chi connectivity index (χ0n) is 61.4. The molecule has 0 saturated carbocycles. The summed E-state index contributed by atoms with van der Waals surface area (Å²) >= 11 is 26.9. The molecule has 0 atom stereocenters. The molecule has 0 fully saturated rings. The first-order valence-electron chi connectivity index (χ1n) is 35.1. The average molecular weight is 1690 g/mol. The second-order valence-electron chi connectivity index (χ2n) is 25.9. The molecule has 6 aromatic carbocycles. The molecular formula is C88H60BrCl4F4N13O6. The molecule has 0 saturated heterocycles. The molecule has 18 aromatic rings. The maximum absolute atomic E-state index is 13.1. The van der Waals surface area contributed by atoms with E-state index in [0.717, 1.165) is 62.8 Å². The van der Waals surface area contributed by atoms with Gasteiger partial charge in [0, 0.05) is 136 Å².